The third-order valence-corrected chi connectivity index (χ3v) is 2.72. The minimum atomic E-state index is -1.15. The Hall–Kier alpha value is -1.62. The molecule has 0 radical (unpaired) electrons. The maximum Gasteiger partial charge on any atom is 0.326 e. The summed E-state index contributed by atoms with van der Waals surface area (Å²) < 4.78 is 13.5. The number of amides is 1. The summed E-state index contributed by atoms with van der Waals surface area (Å²) in [4.78, 5) is 22.9. The predicted molar refractivity (Wildman–Crippen MR) is 69.8 cm³/mol. The van der Waals surface area contributed by atoms with Gasteiger partial charge in [0.15, 0.2) is 0 Å². The molecule has 1 amide bonds. The van der Waals surface area contributed by atoms with Crippen LogP contribution in [0.4, 0.5) is 4.39 Å². The molecule has 0 bridgehead atoms. The molecule has 0 heterocycles. The number of halogens is 2. The minimum Gasteiger partial charge on any atom is -0.480 e. The van der Waals surface area contributed by atoms with Crippen LogP contribution in [-0.2, 0) is 4.79 Å². The number of carbonyl (C=O) groups excluding carboxylic acids is 1. The molecule has 6 heteroatoms. The number of benzene rings is 1. The van der Waals surface area contributed by atoms with Gasteiger partial charge in [0, 0.05) is 5.02 Å². The SMILES string of the molecule is CC(C)C[C@@H](NC(=O)c1cc(Cl)ccc1F)C(=O)O. The molecule has 104 valence electrons. The van der Waals surface area contributed by atoms with Crippen LogP contribution in [0, 0.1) is 11.7 Å². The van der Waals surface area contributed by atoms with Gasteiger partial charge in [-0.15, -0.1) is 0 Å². The van der Waals surface area contributed by atoms with Crippen LogP contribution >= 0.6 is 11.6 Å². The van der Waals surface area contributed by atoms with Gasteiger partial charge in [0.2, 0.25) is 0 Å². The Morgan fingerprint density at radius 3 is 2.58 bits per heavy atom. The first-order valence-electron chi connectivity index (χ1n) is 5.80. The molecule has 0 aliphatic heterocycles. The number of carbonyl (C=O) groups is 2. The van der Waals surface area contributed by atoms with Crippen molar-refractivity contribution in [2.45, 2.75) is 26.3 Å². The van der Waals surface area contributed by atoms with Crippen LogP contribution in [0.1, 0.15) is 30.6 Å². The normalized spacial score (nSPS) is 12.3. The summed E-state index contributed by atoms with van der Waals surface area (Å²) in [6, 6.07) is 2.50. The monoisotopic (exact) mass is 287 g/mol. The van der Waals surface area contributed by atoms with Crippen LogP contribution in [-0.4, -0.2) is 23.0 Å². The highest BCUT2D eigenvalue weighted by molar-refractivity contribution is 6.31. The smallest absolute Gasteiger partial charge is 0.326 e. The number of nitrogens with one attached hydrogen (secondary N) is 1. The molecule has 0 spiro atoms. The Labute approximate surface area is 115 Å². The van der Waals surface area contributed by atoms with Gasteiger partial charge >= 0.3 is 5.97 Å². The van der Waals surface area contributed by atoms with Gasteiger partial charge in [-0.05, 0) is 30.5 Å². The largest absolute Gasteiger partial charge is 0.480 e. The Morgan fingerprint density at radius 2 is 2.05 bits per heavy atom. The third kappa shape index (κ3) is 4.52. The molecular weight excluding hydrogens is 273 g/mol. The van der Waals surface area contributed by atoms with Gasteiger partial charge < -0.3 is 10.4 Å². The number of hydrogen-bond acceptors (Lipinski definition) is 2. The second kappa shape index (κ2) is 6.52. The van der Waals surface area contributed by atoms with Gasteiger partial charge in [0.25, 0.3) is 5.91 Å². The van der Waals surface area contributed by atoms with Crippen LogP contribution in [0.25, 0.3) is 0 Å². The number of aliphatic carboxylic acids is 1. The Morgan fingerprint density at radius 1 is 1.42 bits per heavy atom. The van der Waals surface area contributed by atoms with Crippen LogP contribution in [0.5, 0.6) is 0 Å². The molecule has 0 aliphatic rings. The zero-order chi connectivity index (χ0) is 14.6. The molecule has 19 heavy (non-hydrogen) atoms. The van der Waals surface area contributed by atoms with Crippen LogP contribution in [0.2, 0.25) is 5.02 Å². The fourth-order valence-electron chi connectivity index (χ4n) is 1.60. The predicted octanol–water partition coefficient (Wildman–Crippen LogP) is 2.71. The van der Waals surface area contributed by atoms with E-state index < -0.39 is 23.7 Å². The lowest BCUT2D eigenvalue weighted by Gasteiger charge is -2.16. The lowest BCUT2D eigenvalue weighted by molar-refractivity contribution is -0.139. The van der Waals surface area contributed by atoms with Gasteiger partial charge in [-0.1, -0.05) is 25.4 Å². The number of carboxylic acids is 1. The molecule has 0 saturated heterocycles. The van der Waals surface area contributed by atoms with E-state index in [2.05, 4.69) is 5.32 Å². The van der Waals surface area contributed by atoms with E-state index in [1.807, 2.05) is 13.8 Å². The molecule has 4 nitrogen and oxygen atoms in total. The molecule has 0 unspecified atom stereocenters. The zero-order valence-electron chi connectivity index (χ0n) is 10.6. The summed E-state index contributed by atoms with van der Waals surface area (Å²) in [6.07, 6.45) is 0.267. The molecule has 1 aromatic carbocycles. The highest BCUT2D eigenvalue weighted by atomic mass is 35.5. The quantitative estimate of drug-likeness (QED) is 0.875. The van der Waals surface area contributed by atoms with Crippen molar-refractivity contribution in [1.82, 2.24) is 5.32 Å². The first-order valence-corrected chi connectivity index (χ1v) is 6.17. The second-order valence-electron chi connectivity index (χ2n) is 4.62. The number of carboxylic acid groups (broad SMARTS) is 1. The van der Waals surface area contributed by atoms with Crippen LogP contribution in [0.15, 0.2) is 18.2 Å². The first kappa shape index (κ1) is 15.4. The first-order chi connectivity index (χ1) is 8.81. The lowest BCUT2D eigenvalue weighted by atomic mass is 10.0. The Balaban J connectivity index is 2.87. The fourth-order valence-corrected chi connectivity index (χ4v) is 1.77. The van der Waals surface area contributed by atoms with Crippen molar-refractivity contribution in [3.63, 3.8) is 0 Å². The van der Waals surface area contributed by atoms with E-state index in [4.69, 9.17) is 16.7 Å². The maximum absolute atomic E-state index is 13.5. The van der Waals surface area contributed by atoms with Gasteiger partial charge in [0.1, 0.15) is 11.9 Å². The van der Waals surface area contributed by atoms with E-state index in [1.165, 1.54) is 12.1 Å². The topological polar surface area (TPSA) is 66.4 Å². The molecule has 0 saturated carbocycles. The molecule has 1 atom stereocenters. The summed E-state index contributed by atoms with van der Waals surface area (Å²) in [6.45, 7) is 3.67. The summed E-state index contributed by atoms with van der Waals surface area (Å²) in [5.41, 5.74) is -0.262. The minimum absolute atomic E-state index is 0.0885. The highest BCUT2D eigenvalue weighted by Crippen LogP contribution is 2.15. The molecule has 0 aromatic heterocycles. The van der Waals surface area contributed by atoms with Crippen molar-refractivity contribution < 1.29 is 19.1 Å². The van der Waals surface area contributed by atoms with Crippen molar-refractivity contribution >= 4 is 23.5 Å². The molecule has 0 aliphatic carbocycles. The van der Waals surface area contributed by atoms with E-state index in [-0.39, 0.29) is 22.9 Å². The third-order valence-electron chi connectivity index (χ3n) is 2.48. The maximum atomic E-state index is 13.5. The Kier molecular flexibility index (Phi) is 5.30. The Bertz CT molecular complexity index is 491. The van der Waals surface area contributed by atoms with Gasteiger partial charge in [-0.25, -0.2) is 9.18 Å². The second-order valence-corrected chi connectivity index (χ2v) is 5.05. The fraction of sp³-hybridized carbons (Fsp3) is 0.385. The van der Waals surface area contributed by atoms with Crippen molar-refractivity contribution in [3.8, 4) is 0 Å². The van der Waals surface area contributed by atoms with Crippen LogP contribution < -0.4 is 5.32 Å². The van der Waals surface area contributed by atoms with E-state index in [0.717, 1.165) is 6.07 Å². The van der Waals surface area contributed by atoms with Gasteiger partial charge in [-0.2, -0.15) is 0 Å². The lowest BCUT2D eigenvalue weighted by Crippen LogP contribution is -2.41. The zero-order valence-corrected chi connectivity index (χ0v) is 11.4. The highest BCUT2D eigenvalue weighted by Gasteiger charge is 2.23. The standard InChI is InChI=1S/C13H15ClFNO3/c1-7(2)5-11(13(18)19)16-12(17)9-6-8(14)3-4-10(9)15/h3-4,6-7,11H,5H2,1-2H3,(H,16,17)(H,18,19)/t11-/m1/s1. The van der Waals surface area contributed by atoms with E-state index in [9.17, 15) is 14.0 Å². The molecule has 2 N–H and O–H groups in total. The van der Waals surface area contributed by atoms with E-state index >= 15 is 0 Å². The van der Waals surface area contributed by atoms with Gasteiger partial charge in [0.05, 0.1) is 5.56 Å². The molecule has 0 fully saturated rings. The number of rotatable bonds is 5. The summed E-state index contributed by atoms with van der Waals surface area (Å²) in [7, 11) is 0. The molecule has 1 aromatic rings. The van der Waals surface area contributed by atoms with E-state index in [1.54, 1.807) is 0 Å². The molecule has 1 rings (SSSR count). The summed E-state index contributed by atoms with van der Waals surface area (Å²) >= 11 is 5.68. The van der Waals surface area contributed by atoms with Crippen molar-refractivity contribution in [1.29, 1.82) is 0 Å². The van der Waals surface area contributed by atoms with E-state index in [0.29, 0.717) is 0 Å². The summed E-state index contributed by atoms with van der Waals surface area (Å²) in [5.74, 6) is -2.58. The van der Waals surface area contributed by atoms with Crippen molar-refractivity contribution in [2.24, 2.45) is 5.92 Å². The van der Waals surface area contributed by atoms with Crippen molar-refractivity contribution in [2.75, 3.05) is 0 Å². The number of hydrogen-bond donors (Lipinski definition) is 2. The average molecular weight is 288 g/mol. The van der Waals surface area contributed by atoms with Gasteiger partial charge in [-0.3, -0.25) is 4.79 Å². The molecular formula is C13H15ClFNO3. The summed E-state index contributed by atoms with van der Waals surface area (Å²) in [5, 5.41) is 11.5. The van der Waals surface area contributed by atoms with Crippen molar-refractivity contribution in [3.05, 3.63) is 34.6 Å². The van der Waals surface area contributed by atoms with Crippen LogP contribution in [0.3, 0.4) is 0 Å². The average Bonchev–Trinajstić information content (AvgIpc) is 2.30.